The normalized spacial score (nSPS) is 15.3. The molecule has 0 amide bonds. The first-order chi connectivity index (χ1) is 16.1. The molecule has 0 N–H and O–H groups in total. The molecule has 0 spiro atoms. The number of methoxy groups -OCH3 is 1. The van der Waals surface area contributed by atoms with Crippen LogP contribution in [0.3, 0.4) is 0 Å². The quantitative estimate of drug-likeness (QED) is 0.325. The lowest BCUT2D eigenvalue weighted by Gasteiger charge is -2.38. The van der Waals surface area contributed by atoms with Crippen molar-refractivity contribution in [1.29, 1.82) is 0 Å². The number of ether oxygens (including phenoxy) is 1. The zero-order chi connectivity index (χ0) is 22.9. The number of hydrogen-bond donors (Lipinski definition) is 0. The second kappa shape index (κ2) is 8.90. The SMILES string of the molecule is CCN(c1cccc2ccccc12)C1CCCc2nc(-c3c(C)cccc3C)cc(OC)c21. The van der Waals surface area contributed by atoms with Gasteiger partial charge in [-0.1, -0.05) is 54.6 Å². The van der Waals surface area contributed by atoms with E-state index in [0.717, 1.165) is 37.3 Å². The van der Waals surface area contributed by atoms with Crippen LogP contribution in [0, 0.1) is 13.8 Å². The largest absolute Gasteiger partial charge is 0.496 e. The van der Waals surface area contributed by atoms with E-state index in [1.54, 1.807) is 7.11 Å². The lowest BCUT2D eigenvalue weighted by atomic mass is 9.87. The van der Waals surface area contributed by atoms with Gasteiger partial charge in [0.15, 0.2) is 0 Å². The molecule has 3 heteroatoms. The summed E-state index contributed by atoms with van der Waals surface area (Å²) in [5.74, 6) is 0.959. The van der Waals surface area contributed by atoms with Gasteiger partial charge in [0.05, 0.1) is 24.5 Å². The molecule has 1 aromatic heterocycles. The molecule has 0 radical (unpaired) electrons. The van der Waals surface area contributed by atoms with Crippen LogP contribution in [0.4, 0.5) is 5.69 Å². The van der Waals surface area contributed by atoms with Crippen LogP contribution in [0.1, 0.15) is 48.2 Å². The maximum absolute atomic E-state index is 6.04. The van der Waals surface area contributed by atoms with E-state index < -0.39 is 0 Å². The molecule has 1 heterocycles. The van der Waals surface area contributed by atoms with E-state index in [4.69, 9.17) is 9.72 Å². The van der Waals surface area contributed by atoms with Crippen LogP contribution < -0.4 is 9.64 Å². The highest BCUT2D eigenvalue weighted by Gasteiger charge is 2.31. The Morgan fingerprint density at radius 3 is 2.45 bits per heavy atom. The predicted octanol–water partition coefficient (Wildman–Crippen LogP) is 7.43. The average Bonchev–Trinajstić information content (AvgIpc) is 2.84. The number of anilines is 1. The first-order valence-electron chi connectivity index (χ1n) is 12.0. The first kappa shape index (κ1) is 21.5. The highest BCUT2D eigenvalue weighted by Crippen LogP contribution is 2.44. The van der Waals surface area contributed by atoms with Crippen molar-refractivity contribution in [3.63, 3.8) is 0 Å². The predicted molar refractivity (Wildman–Crippen MR) is 138 cm³/mol. The molecule has 0 bridgehead atoms. The standard InChI is InChI=1S/C30H32N2O/c1-5-32(26-17-9-14-22-13-6-7-15-23(22)26)27-18-10-16-24-30(27)28(33-4)19-25(31-24)29-20(2)11-8-12-21(29)3/h6-9,11-15,17,19,27H,5,10,16,18H2,1-4H3. The topological polar surface area (TPSA) is 25.4 Å². The van der Waals surface area contributed by atoms with Gasteiger partial charge in [0.25, 0.3) is 0 Å². The molecule has 1 aliphatic rings. The van der Waals surface area contributed by atoms with Crippen LogP contribution in [-0.2, 0) is 6.42 Å². The Kier molecular flexibility index (Phi) is 5.80. The van der Waals surface area contributed by atoms with E-state index in [0.29, 0.717) is 0 Å². The zero-order valence-electron chi connectivity index (χ0n) is 20.1. The molecule has 168 valence electrons. The summed E-state index contributed by atoms with van der Waals surface area (Å²) in [7, 11) is 1.80. The van der Waals surface area contributed by atoms with Crippen molar-refractivity contribution in [3.05, 3.63) is 89.1 Å². The Hall–Kier alpha value is -3.33. The summed E-state index contributed by atoms with van der Waals surface area (Å²) >= 11 is 0. The molecule has 0 saturated heterocycles. The molecule has 33 heavy (non-hydrogen) atoms. The molecule has 1 aliphatic carbocycles. The minimum Gasteiger partial charge on any atom is -0.496 e. The van der Waals surface area contributed by atoms with Crippen molar-refractivity contribution in [3.8, 4) is 17.0 Å². The molecule has 3 nitrogen and oxygen atoms in total. The van der Waals surface area contributed by atoms with Crippen molar-refractivity contribution in [2.75, 3.05) is 18.6 Å². The van der Waals surface area contributed by atoms with E-state index in [2.05, 4.69) is 92.4 Å². The Balaban J connectivity index is 1.66. The van der Waals surface area contributed by atoms with Crippen LogP contribution >= 0.6 is 0 Å². The Morgan fingerprint density at radius 1 is 0.970 bits per heavy atom. The van der Waals surface area contributed by atoms with Gasteiger partial charge in [0.2, 0.25) is 0 Å². The summed E-state index contributed by atoms with van der Waals surface area (Å²) in [6.07, 6.45) is 3.23. The second-order valence-electron chi connectivity index (χ2n) is 9.03. The maximum atomic E-state index is 6.04. The van der Waals surface area contributed by atoms with Crippen LogP contribution in [0.25, 0.3) is 22.0 Å². The number of benzene rings is 3. The average molecular weight is 437 g/mol. The monoisotopic (exact) mass is 436 g/mol. The van der Waals surface area contributed by atoms with E-state index in [9.17, 15) is 0 Å². The molecule has 0 fully saturated rings. The van der Waals surface area contributed by atoms with Gasteiger partial charge in [0.1, 0.15) is 5.75 Å². The molecular weight excluding hydrogens is 404 g/mol. The summed E-state index contributed by atoms with van der Waals surface area (Å²) in [5, 5.41) is 2.58. The second-order valence-corrected chi connectivity index (χ2v) is 9.03. The highest BCUT2D eigenvalue weighted by molar-refractivity contribution is 5.94. The molecule has 1 atom stereocenters. The number of fused-ring (bicyclic) bond motifs is 2. The first-order valence-corrected chi connectivity index (χ1v) is 12.0. The van der Waals surface area contributed by atoms with E-state index >= 15 is 0 Å². The smallest absolute Gasteiger partial charge is 0.128 e. The van der Waals surface area contributed by atoms with Crippen LogP contribution in [-0.4, -0.2) is 18.6 Å². The van der Waals surface area contributed by atoms with E-state index in [1.807, 2.05) is 0 Å². The third-order valence-corrected chi connectivity index (χ3v) is 7.07. The fourth-order valence-corrected chi connectivity index (χ4v) is 5.58. The van der Waals surface area contributed by atoms with Crippen molar-refractivity contribution in [1.82, 2.24) is 4.98 Å². The lowest BCUT2D eigenvalue weighted by molar-refractivity contribution is 0.393. The number of hydrogen-bond acceptors (Lipinski definition) is 3. The fraction of sp³-hybridized carbons (Fsp3) is 0.300. The molecule has 3 aromatic carbocycles. The van der Waals surface area contributed by atoms with Gasteiger partial charge in [-0.3, -0.25) is 4.98 Å². The minimum absolute atomic E-state index is 0.249. The maximum Gasteiger partial charge on any atom is 0.128 e. The van der Waals surface area contributed by atoms with Crippen LogP contribution in [0.5, 0.6) is 5.75 Å². The number of nitrogens with zero attached hydrogens (tertiary/aromatic N) is 2. The van der Waals surface area contributed by atoms with Gasteiger partial charge in [-0.25, -0.2) is 0 Å². The minimum atomic E-state index is 0.249. The molecular formula is C30H32N2O. The van der Waals surface area contributed by atoms with Gasteiger partial charge in [-0.05, 0) is 62.6 Å². The van der Waals surface area contributed by atoms with Crippen molar-refractivity contribution in [2.45, 2.75) is 46.1 Å². The lowest BCUT2D eigenvalue weighted by Crippen LogP contribution is -2.32. The van der Waals surface area contributed by atoms with E-state index in [-0.39, 0.29) is 6.04 Å². The molecule has 5 rings (SSSR count). The zero-order valence-corrected chi connectivity index (χ0v) is 20.1. The summed E-state index contributed by atoms with van der Waals surface area (Å²) in [6.45, 7) is 7.51. The number of pyridine rings is 1. The number of rotatable bonds is 5. The van der Waals surface area contributed by atoms with E-state index in [1.165, 1.54) is 44.4 Å². The number of aromatic nitrogens is 1. The van der Waals surface area contributed by atoms with Gasteiger partial charge in [0, 0.05) is 34.8 Å². The van der Waals surface area contributed by atoms with Crippen molar-refractivity contribution < 1.29 is 4.74 Å². The van der Waals surface area contributed by atoms with Gasteiger partial charge < -0.3 is 9.64 Å². The van der Waals surface area contributed by atoms with Gasteiger partial charge in [-0.2, -0.15) is 0 Å². The van der Waals surface area contributed by atoms with Crippen LogP contribution in [0.2, 0.25) is 0 Å². The summed E-state index contributed by atoms with van der Waals surface area (Å²) in [6, 6.07) is 24.1. The van der Waals surface area contributed by atoms with Gasteiger partial charge >= 0.3 is 0 Å². The summed E-state index contributed by atoms with van der Waals surface area (Å²) in [4.78, 5) is 7.77. The molecule has 0 aliphatic heterocycles. The molecule has 4 aromatic rings. The Labute approximate surface area is 197 Å². The molecule has 1 unspecified atom stereocenters. The Morgan fingerprint density at radius 2 is 1.70 bits per heavy atom. The summed E-state index contributed by atoms with van der Waals surface area (Å²) < 4.78 is 6.04. The third kappa shape index (κ3) is 3.76. The fourth-order valence-electron chi connectivity index (χ4n) is 5.58. The number of aryl methyl sites for hydroxylation is 3. The van der Waals surface area contributed by atoms with Crippen molar-refractivity contribution in [2.24, 2.45) is 0 Å². The third-order valence-electron chi connectivity index (χ3n) is 7.07. The van der Waals surface area contributed by atoms with Crippen molar-refractivity contribution >= 4 is 16.5 Å². The highest BCUT2D eigenvalue weighted by atomic mass is 16.5. The molecule has 0 saturated carbocycles. The van der Waals surface area contributed by atoms with Crippen LogP contribution in [0.15, 0.2) is 66.7 Å². The van der Waals surface area contributed by atoms with Gasteiger partial charge in [-0.15, -0.1) is 0 Å². The summed E-state index contributed by atoms with van der Waals surface area (Å²) in [5.41, 5.74) is 8.48. The Bertz CT molecular complexity index is 1270.